The summed E-state index contributed by atoms with van der Waals surface area (Å²) in [5.74, 6) is 1.17. The first-order valence-electron chi connectivity index (χ1n) is 14.6. The summed E-state index contributed by atoms with van der Waals surface area (Å²) >= 11 is 0. The molecule has 44 heavy (non-hydrogen) atoms. The van der Waals surface area contributed by atoms with Crippen LogP contribution in [0.3, 0.4) is 0 Å². The molecule has 2 heterocycles. The molecule has 0 aliphatic carbocycles. The van der Waals surface area contributed by atoms with E-state index in [2.05, 4.69) is 15.1 Å². The van der Waals surface area contributed by atoms with Crippen LogP contribution < -0.4 is 14.4 Å². The van der Waals surface area contributed by atoms with Gasteiger partial charge in [0.15, 0.2) is 5.82 Å². The minimum absolute atomic E-state index is 0.0928. The zero-order chi connectivity index (χ0) is 31.1. The molecule has 1 aliphatic heterocycles. The van der Waals surface area contributed by atoms with Crippen LogP contribution in [0.5, 0.6) is 11.5 Å². The molecule has 1 saturated heterocycles. The van der Waals surface area contributed by atoms with Crippen molar-refractivity contribution in [2.24, 2.45) is 0 Å². The van der Waals surface area contributed by atoms with Crippen LogP contribution in [0.2, 0.25) is 0 Å². The number of benzene rings is 3. The summed E-state index contributed by atoms with van der Waals surface area (Å²) in [7, 11) is 3.21. The van der Waals surface area contributed by atoms with Crippen molar-refractivity contribution in [1.82, 2.24) is 20.0 Å². The van der Waals surface area contributed by atoms with Gasteiger partial charge in [-0.15, -0.1) is 10.2 Å². The molecule has 1 aromatic heterocycles. The van der Waals surface area contributed by atoms with Gasteiger partial charge in [-0.1, -0.05) is 30.3 Å². The topological polar surface area (TPSA) is 88.1 Å². The van der Waals surface area contributed by atoms with Crippen molar-refractivity contribution >= 4 is 17.6 Å². The predicted octanol–water partition coefficient (Wildman–Crippen LogP) is 5.24. The number of rotatable bonds is 9. The SMILES string of the molecule is COc1ccc(-c2ccc(N3CCCN(C(=O)CN(C(=O)c4ccc(F)cc4)C(C)c4ccccc4)CC3)nn2)c(OC)c1. The second kappa shape index (κ2) is 14.0. The van der Waals surface area contributed by atoms with E-state index in [1.54, 1.807) is 30.1 Å². The average molecular weight is 598 g/mol. The van der Waals surface area contributed by atoms with E-state index in [1.165, 1.54) is 24.3 Å². The summed E-state index contributed by atoms with van der Waals surface area (Å²) in [6.07, 6.45) is 0.738. The van der Waals surface area contributed by atoms with Crippen molar-refractivity contribution in [2.45, 2.75) is 19.4 Å². The molecule has 0 bridgehead atoms. The molecule has 10 heteroatoms. The Hall–Kier alpha value is -4.99. The molecular weight excluding hydrogens is 561 g/mol. The Morgan fingerprint density at radius 1 is 0.886 bits per heavy atom. The van der Waals surface area contributed by atoms with Crippen molar-refractivity contribution in [1.29, 1.82) is 0 Å². The molecule has 1 atom stereocenters. The molecule has 228 valence electrons. The summed E-state index contributed by atoms with van der Waals surface area (Å²) in [6, 6.07) is 24.0. The quantitative estimate of drug-likeness (QED) is 0.261. The Balaban J connectivity index is 1.27. The van der Waals surface area contributed by atoms with Crippen molar-refractivity contribution < 1.29 is 23.5 Å². The smallest absolute Gasteiger partial charge is 0.254 e. The van der Waals surface area contributed by atoms with Gasteiger partial charge in [0.25, 0.3) is 5.91 Å². The van der Waals surface area contributed by atoms with Gasteiger partial charge in [0.2, 0.25) is 5.91 Å². The molecule has 1 aliphatic rings. The van der Waals surface area contributed by atoms with E-state index in [0.717, 1.165) is 23.4 Å². The molecule has 0 N–H and O–H groups in total. The lowest BCUT2D eigenvalue weighted by Crippen LogP contribution is -2.45. The normalized spacial score (nSPS) is 14.0. The standard InChI is InChI=1S/C34H36FN5O4/c1-24(25-8-5-4-6-9-25)40(34(42)26-10-12-27(35)13-11-26)23-33(41)39-19-7-18-38(20-21-39)32-17-16-30(36-37-32)29-15-14-28(43-2)22-31(29)44-3/h4-6,8-17,22,24H,7,18-21,23H2,1-3H3. The fourth-order valence-electron chi connectivity index (χ4n) is 5.34. The Kier molecular flexibility index (Phi) is 9.69. The molecule has 3 aromatic carbocycles. The summed E-state index contributed by atoms with van der Waals surface area (Å²) in [6.45, 7) is 4.13. The van der Waals surface area contributed by atoms with E-state index in [9.17, 15) is 14.0 Å². The highest BCUT2D eigenvalue weighted by atomic mass is 19.1. The first kappa shape index (κ1) is 30.5. The van der Waals surface area contributed by atoms with Gasteiger partial charge in [-0.3, -0.25) is 9.59 Å². The third-order valence-corrected chi connectivity index (χ3v) is 7.91. The van der Waals surface area contributed by atoms with Crippen LogP contribution in [0.25, 0.3) is 11.3 Å². The Morgan fingerprint density at radius 2 is 1.66 bits per heavy atom. The van der Waals surface area contributed by atoms with Crippen LogP contribution in [-0.2, 0) is 4.79 Å². The van der Waals surface area contributed by atoms with Gasteiger partial charge in [0, 0.05) is 43.4 Å². The Bertz CT molecular complexity index is 1570. The lowest BCUT2D eigenvalue weighted by atomic mass is 10.1. The largest absolute Gasteiger partial charge is 0.497 e. The van der Waals surface area contributed by atoms with Crippen molar-refractivity contribution in [3.63, 3.8) is 0 Å². The highest BCUT2D eigenvalue weighted by Gasteiger charge is 2.28. The molecule has 0 saturated carbocycles. The number of carbonyl (C=O) groups is 2. The monoisotopic (exact) mass is 597 g/mol. The van der Waals surface area contributed by atoms with Gasteiger partial charge in [0.05, 0.1) is 26.0 Å². The number of nitrogens with zero attached hydrogens (tertiary/aromatic N) is 5. The van der Waals surface area contributed by atoms with Gasteiger partial charge in [-0.25, -0.2) is 4.39 Å². The summed E-state index contributed by atoms with van der Waals surface area (Å²) in [5.41, 5.74) is 2.73. The number of carbonyl (C=O) groups excluding carboxylic acids is 2. The van der Waals surface area contributed by atoms with Crippen molar-refractivity contribution in [3.05, 3.63) is 102 Å². The van der Waals surface area contributed by atoms with Gasteiger partial charge >= 0.3 is 0 Å². The first-order chi connectivity index (χ1) is 21.4. The van der Waals surface area contributed by atoms with Crippen molar-refractivity contribution in [2.75, 3.05) is 51.8 Å². The summed E-state index contributed by atoms with van der Waals surface area (Å²) in [5, 5.41) is 8.94. The second-order valence-electron chi connectivity index (χ2n) is 10.6. The Labute approximate surface area is 256 Å². The number of ether oxygens (including phenoxy) is 2. The van der Waals surface area contributed by atoms with E-state index in [1.807, 2.05) is 61.5 Å². The number of amides is 2. The van der Waals surface area contributed by atoms with Crippen LogP contribution in [0.4, 0.5) is 10.2 Å². The zero-order valence-corrected chi connectivity index (χ0v) is 25.1. The third-order valence-electron chi connectivity index (χ3n) is 7.91. The Morgan fingerprint density at radius 3 is 2.34 bits per heavy atom. The van der Waals surface area contributed by atoms with E-state index in [0.29, 0.717) is 48.9 Å². The van der Waals surface area contributed by atoms with Gasteiger partial charge in [-0.05, 0) is 67.4 Å². The van der Waals surface area contributed by atoms with E-state index in [-0.39, 0.29) is 24.4 Å². The molecule has 0 spiro atoms. The lowest BCUT2D eigenvalue weighted by Gasteiger charge is -2.31. The number of anilines is 1. The molecule has 4 aromatic rings. The second-order valence-corrected chi connectivity index (χ2v) is 10.6. The summed E-state index contributed by atoms with van der Waals surface area (Å²) in [4.78, 5) is 32.7. The first-order valence-corrected chi connectivity index (χ1v) is 14.6. The number of hydrogen-bond acceptors (Lipinski definition) is 7. The fourth-order valence-corrected chi connectivity index (χ4v) is 5.34. The molecule has 2 amide bonds. The third kappa shape index (κ3) is 6.96. The molecule has 0 radical (unpaired) electrons. The van der Waals surface area contributed by atoms with Crippen LogP contribution in [0.1, 0.15) is 35.3 Å². The number of halogens is 1. The molecule has 1 fully saturated rings. The maximum absolute atomic E-state index is 13.6. The number of aromatic nitrogens is 2. The van der Waals surface area contributed by atoms with Crippen molar-refractivity contribution in [3.8, 4) is 22.8 Å². The molecule has 1 unspecified atom stereocenters. The fraction of sp³-hybridized carbons (Fsp3) is 0.294. The van der Waals surface area contributed by atoms with Crippen LogP contribution in [-0.4, -0.2) is 78.8 Å². The highest BCUT2D eigenvalue weighted by Crippen LogP contribution is 2.32. The lowest BCUT2D eigenvalue weighted by molar-refractivity contribution is -0.132. The number of hydrogen-bond donors (Lipinski definition) is 0. The van der Waals surface area contributed by atoms with Gasteiger partial charge in [0.1, 0.15) is 23.9 Å². The van der Waals surface area contributed by atoms with Crippen LogP contribution in [0, 0.1) is 5.82 Å². The molecule has 9 nitrogen and oxygen atoms in total. The molecular formula is C34H36FN5O4. The maximum atomic E-state index is 13.6. The number of methoxy groups -OCH3 is 2. The minimum Gasteiger partial charge on any atom is -0.497 e. The highest BCUT2D eigenvalue weighted by molar-refractivity contribution is 5.96. The van der Waals surface area contributed by atoms with Crippen LogP contribution >= 0.6 is 0 Å². The molecule has 5 rings (SSSR count). The van der Waals surface area contributed by atoms with E-state index in [4.69, 9.17) is 9.47 Å². The zero-order valence-electron chi connectivity index (χ0n) is 25.1. The van der Waals surface area contributed by atoms with Crippen LogP contribution in [0.15, 0.2) is 84.9 Å². The van der Waals surface area contributed by atoms with E-state index < -0.39 is 5.82 Å². The minimum atomic E-state index is -0.422. The predicted molar refractivity (Wildman–Crippen MR) is 166 cm³/mol. The van der Waals surface area contributed by atoms with Gasteiger partial charge < -0.3 is 24.2 Å². The van der Waals surface area contributed by atoms with E-state index >= 15 is 0 Å². The maximum Gasteiger partial charge on any atom is 0.254 e. The average Bonchev–Trinajstić information content (AvgIpc) is 3.34. The summed E-state index contributed by atoms with van der Waals surface area (Å²) < 4.78 is 24.4. The van der Waals surface area contributed by atoms with Gasteiger partial charge in [-0.2, -0.15) is 0 Å².